The monoisotopic (exact) mass is 264 g/mol. The predicted molar refractivity (Wildman–Crippen MR) is 64.2 cm³/mol. The quantitative estimate of drug-likeness (QED) is 0.902. The summed E-state index contributed by atoms with van der Waals surface area (Å²) in [5, 5.41) is 13.6. The van der Waals surface area contributed by atoms with Crippen LogP contribution >= 0.6 is 0 Å². The molecule has 1 aliphatic rings. The molecule has 3 rings (SSSR count). The molecule has 1 aliphatic heterocycles. The van der Waals surface area contributed by atoms with Crippen molar-refractivity contribution in [3.05, 3.63) is 29.8 Å². The van der Waals surface area contributed by atoms with Crippen molar-refractivity contribution >= 4 is 0 Å². The number of halogens is 1. The van der Waals surface area contributed by atoms with Crippen LogP contribution in [0.2, 0.25) is 0 Å². The Balaban J connectivity index is 1.87. The van der Waals surface area contributed by atoms with E-state index >= 15 is 0 Å². The Labute approximate surface area is 109 Å². The molecule has 2 aromatic rings. The number of nitrogens with zero attached hydrogens (tertiary/aromatic N) is 2. The van der Waals surface area contributed by atoms with Gasteiger partial charge in [0.2, 0.25) is 0 Å². The molecule has 6 heteroatoms. The lowest BCUT2D eigenvalue weighted by atomic mass is 10.00. The highest BCUT2D eigenvalue weighted by molar-refractivity contribution is 5.61. The fraction of sp³-hybridized carbons (Fsp3) is 0.385. The van der Waals surface area contributed by atoms with E-state index in [9.17, 15) is 9.50 Å². The van der Waals surface area contributed by atoms with E-state index in [1.165, 1.54) is 12.1 Å². The van der Waals surface area contributed by atoms with E-state index in [-0.39, 0.29) is 17.6 Å². The smallest absolute Gasteiger partial charge is 0.261 e. The standard InChI is InChI=1S/C13H13FN2O3/c14-9-1-2-10(11(17)7-9)13-15-12(16-19-13)8-3-5-18-6-4-8/h1-2,7-8,17H,3-6H2. The van der Waals surface area contributed by atoms with Gasteiger partial charge in [0.1, 0.15) is 11.6 Å². The molecule has 19 heavy (non-hydrogen) atoms. The van der Waals surface area contributed by atoms with Crippen LogP contribution in [-0.2, 0) is 4.74 Å². The number of phenolic OH excluding ortho intramolecular Hbond substituents is 1. The van der Waals surface area contributed by atoms with Crippen molar-refractivity contribution in [2.75, 3.05) is 13.2 Å². The van der Waals surface area contributed by atoms with E-state index in [4.69, 9.17) is 9.26 Å². The van der Waals surface area contributed by atoms with Gasteiger partial charge in [-0.2, -0.15) is 4.98 Å². The number of hydrogen-bond acceptors (Lipinski definition) is 5. The maximum atomic E-state index is 12.9. The van der Waals surface area contributed by atoms with Crippen molar-refractivity contribution in [3.8, 4) is 17.2 Å². The van der Waals surface area contributed by atoms with Gasteiger partial charge in [-0.3, -0.25) is 0 Å². The molecule has 1 saturated heterocycles. The lowest BCUT2D eigenvalue weighted by molar-refractivity contribution is 0.0830. The topological polar surface area (TPSA) is 68.4 Å². The Kier molecular flexibility index (Phi) is 3.16. The van der Waals surface area contributed by atoms with E-state index in [0.717, 1.165) is 18.9 Å². The third-order valence-electron chi connectivity index (χ3n) is 3.22. The molecule has 0 atom stereocenters. The van der Waals surface area contributed by atoms with Gasteiger partial charge < -0.3 is 14.4 Å². The number of phenols is 1. The summed E-state index contributed by atoms with van der Waals surface area (Å²) in [7, 11) is 0. The van der Waals surface area contributed by atoms with Gasteiger partial charge in [0.15, 0.2) is 5.82 Å². The maximum absolute atomic E-state index is 12.9. The van der Waals surface area contributed by atoms with E-state index in [1.54, 1.807) is 0 Å². The lowest BCUT2D eigenvalue weighted by Gasteiger charge is -2.18. The molecular weight excluding hydrogens is 251 g/mol. The summed E-state index contributed by atoms with van der Waals surface area (Å²) >= 11 is 0. The summed E-state index contributed by atoms with van der Waals surface area (Å²) in [5.41, 5.74) is 0.340. The van der Waals surface area contributed by atoms with Gasteiger partial charge in [0, 0.05) is 25.2 Å². The Morgan fingerprint density at radius 2 is 2.05 bits per heavy atom. The molecule has 0 radical (unpaired) electrons. The van der Waals surface area contributed by atoms with Crippen molar-refractivity contribution in [3.63, 3.8) is 0 Å². The minimum absolute atomic E-state index is 0.206. The number of aromatic nitrogens is 2. The fourth-order valence-electron chi connectivity index (χ4n) is 2.15. The lowest BCUT2D eigenvalue weighted by Crippen LogP contribution is -2.15. The molecule has 0 unspecified atom stereocenters. The molecule has 5 nitrogen and oxygen atoms in total. The summed E-state index contributed by atoms with van der Waals surface area (Å²) in [5.74, 6) is 0.322. The van der Waals surface area contributed by atoms with Gasteiger partial charge in [-0.1, -0.05) is 5.16 Å². The van der Waals surface area contributed by atoms with Crippen molar-refractivity contribution in [2.24, 2.45) is 0 Å². The Morgan fingerprint density at radius 1 is 1.26 bits per heavy atom. The third kappa shape index (κ3) is 2.44. The number of ether oxygens (including phenoxy) is 1. The first-order valence-corrected chi connectivity index (χ1v) is 6.14. The number of aromatic hydroxyl groups is 1. The summed E-state index contributed by atoms with van der Waals surface area (Å²) in [6.07, 6.45) is 1.71. The first-order chi connectivity index (χ1) is 9.24. The van der Waals surface area contributed by atoms with Crippen molar-refractivity contribution in [1.82, 2.24) is 10.1 Å². The Bertz CT molecular complexity index is 579. The van der Waals surface area contributed by atoms with Gasteiger partial charge in [-0.15, -0.1) is 0 Å². The molecule has 0 amide bonds. The second-order valence-corrected chi connectivity index (χ2v) is 4.51. The molecule has 2 heterocycles. The van der Waals surface area contributed by atoms with E-state index < -0.39 is 5.82 Å². The maximum Gasteiger partial charge on any atom is 0.261 e. The minimum Gasteiger partial charge on any atom is -0.507 e. The summed E-state index contributed by atoms with van der Waals surface area (Å²) < 4.78 is 23.3. The number of hydrogen-bond donors (Lipinski definition) is 1. The van der Waals surface area contributed by atoms with Crippen LogP contribution in [0.25, 0.3) is 11.5 Å². The molecule has 0 aliphatic carbocycles. The van der Waals surface area contributed by atoms with Crippen molar-refractivity contribution < 1.29 is 18.8 Å². The Morgan fingerprint density at radius 3 is 2.79 bits per heavy atom. The molecule has 1 aromatic carbocycles. The summed E-state index contributed by atoms with van der Waals surface area (Å²) in [4.78, 5) is 4.28. The first-order valence-electron chi connectivity index (χ1n) is 6.14. The molecule has 1 N–H and O–H groups in total. The average molecular weight is 264 g/mol. The normalized spacial score (nSPS) is 16.7. The minimum atomic E-state index is -0.509. The van der Waals surface area contributed by atoms with Gasteiger partial charge in [0.05, 0.1) is 5.56 Å². The highest BCUT2D eigenvalue weighted by atomic mass is 19.1. The molecule has 0 bridgehead atoms. The number of rotatable bonds is 2. The zero-order valence-electron chi connectivity index (χ0n) is 10.2. The molecule has 0 saturated carbocycles. The van der Waals surface area contributed by atoms with Crippen LogP contribution in [0.3, 0.4) is 0 Å². The summed E-state index contributed by atoms with van der Waals surface area (Å²) in [6, 6.07) is 3.69. The summed E-state index contributed by atoms with van der Waals surface area (Å²) in [6.45, 7) is 1.38. The van der Waals surface area contributed by atoms with Gasteiger partial charge in [-0.05, 0) is 25.0 Å². The van der Waals surface area contributed by atoms with Gasteiger partial charge in [-0.25, -0.2) is 4.39 Å². The predicted octanol–water partition coefficient (Wildman–Crippen LogP) is 2.48. The van der Waals surface area contributed by atoms with Gasteiger partial charge in [0.25, 0.3) is 5.89 Å². The van der Waals surface area contributed by atoms with Crippen LogP contribution < -0.4 is 0 Å². The van der Waals surface area contributed by atoms with Crippen molar-refractivity contribution in [1.29, 1.82) is 0 Å². The second kappa shape index (κ2) is 4.97. The van der Waals surface area contributed by atoms with E-state index in [0.29, 0.717) is 24.6 Å². The van der Waals surface area contributed by atoms with Crippen LogP contribution in [0.15, 0.2) is 22.7 Å². The van der Waals surface area contributed by atoms with Crippen LogP contribution in [0.4, 0.5) is 4.39 Å². The van der Waals surface area contributed by atoms with Crippen LogP contribution in [-0.4, -0.2) is 28.5 Å². The van der Waals surface area contributed by atoms with Crippen LogP contribution in [0.1, 0.15) is 24.6 Å². The van der Waals surface area contributed by atoms with E-state index in [2.05, 4.69) is 10.1 Å². The van der Waals surface area contributed by atoms with Gasteiger partial charge >= 0.3 is 0 Å². The van der Waals surface area contributed by atoms with Crippen molar-refractivity contribution in [2.45, 2.75) is 18.8 Å². The zero-order valence-corrected chi connectivity index (χ0v) is 10.2. The second-order valence-electron chi connectivity index (χ2n) is 4.51. The third-order valence-corrected chi connectivity index (χ3v) is 3.22. The molecule has 1 fully saturated rings. The largest absolute Gasteiger partial charge is 0.507 e. The van der Waals surface area contributed by atoms with Crippen LogP contribution in [0, 0.1) is 5.82 Å². The average Bonchev–Trinajstić information content (AvgIpc) is 2.89. The van der Waals surface area contributed by atoms with Crippen LogP contribution in [0.5, 0.6) is 5.75 Å². The number of benzene rings is 1. The van der Waals surface area contributed by atoms with E-state index in [1.807, 2.05) is 0 Å². The fourth-order valence-corrected chi connectivity index (χ4v) is 2.15. The molecular formula is C13H13FN2O3. The molecule has 1 aromatic heterocycles. The first kappa shape index (κ1) is 12.1. The SMILES string of the molecule is Oc1cc(F)ccc1-c1nc(C2CCOCC2)no1. The Hall–Kier alpha value is -1.95. The molecule has 0 spiro atoms. The highest BCUT2D eigenvalue weighted by Gasteiger charge is 2.22. The molecule has 100 valence electrons. The highest BCUT2D eigenvalue weighted by Crippen LogP contribution is 2.31. The zero-order chi connectivity index (χ0) is 13.2.